The van der Waals surface area contributed by atoms with Crippen molar-refractivity contribution in [3.8, 4) is 11.5 Å². The summed E-state index contributed by atoms with van der Waals surface area (Å²) >= 11 is 5.97. The molecule has 0 spiro atoms. The molecule has 0 aliphatic heterocycles. The highest BCUT2D eigenvalue weighted by molar-refractivity contribution is 6.30. The van der Waals surface area contributed by atoms with Crippen molar-refractivity contribution in [1.29, 1.82) is 0 Å². The maximum atomic E-state index is 5.97. The van der Waals surface area contributed by atoms with Gasteiger partial charge in [-0.3, -0.25) is 0 Å². The van der Waals surface area contributed by atoms with Gasteiger partial charge in [-0.05, 0) is 42.8 Å². The first-order valence-electron chi connectivity index (χ1n) is 5.91. The number of methoxy groups -OCH3 is 1. The second kappa shape index (κ2) is 5.85. The van der Waals surface area contributed by atoms with Crippen molar-refractivity contribution < 1.29 is 9.47 Å². The van der Waals surface area contributed by atoms with Crippen LogP contribution in [0.25, 0.3) is 0 Å². The Kier molecular flexibility index (Phi) is 4.17. The van der Waals surface area contributed by atoms with Crippen LogP contribution in [-0.4, -0.2) is 7.11 Å². The first kappa shape index (κ1) is 13.6. The minimum Gasteiger partial charge on any atom is -0.496 e. The van der Waals surface area contributed by atoms with Crippen LogP contribution < -0.4 is 15.2 Å². The highest BCUT2D eigenvalue weighted by Crippen LogP contribution is 2.27. The summed E-state index contributed by atoms with van der Waals surface area (Å²) in [6.07, 6.45) is 0. The number of rotatable bonds is 4. The van der Waals surface area contributed by atoms with Crippen molar-refractivity contribution >= 4 is 17.3 Å². The third kappa shape index (κ3) is 3.32. The summed E-state index contributed by atoms with van der Waals surface area (Å²) in [4.78, 5) is 0. The number of ether oxygens (including phenoxy) is 2. The van der Waals surface area contributed by atoms with E-state index in [0.717, 1.165) is 16.9 Å². The van der Waals surface area contributed by atoms with Crippen molar-refractivity contribution in [2.75, 3.05) is 12.8 Å². The summed E-state index contributed by atoms with van der Waals surface area (Å²) in [5, 5.41) is 0.649. The van der Waals surface area contributed by atoms with Gasteiger partial charge in [-0.2, -0.15) is 0 Å². The predicted octanol–water partition coefficient (Wildman–Crippen LogP) is 3.82. The van der Waals surface area contributed by atoms with E-state index in [-0.39, 0.29) is 0 Å². The Morgan fingerprint density at radius 3 is 2.53 bits per heavy atom. The van der Waals surface area contributed by atoms with Crippen molar-refractivity contribution in [2.24, 2.45) is 0 Å². The molecule has 2 rings (SSSR count). The molecule has 0 heterocycles. The van der Waals surface area contributed by atoms with Crippen molar-refractivity contribution in [1.82, 2.24) is 0 Å². The van der Waals surface area contributed by atoms with Gasteiger partial charge in [0.25, 0.3) is 0 Å². The Morgan fingerprint density at radius 1 is 1.11 bits per heavy atom. The van der Waals surface area contributed by atoms with Crippen molar-refractivity contribution in [3.63, 3.8) is 0 Å². The molecule has 0 fully saturated rings. The van der Waals surface area contributed by atoms with Gasteiger partial charge in [0.05, 0.1) is 12.8 Å². The fourth-order valence-electron chi connectivity index (χ4n) is 1.81. The second-order valence-electron chi connectivity index (χ2n) is 4.29. The normalized spacial score (nSPS) is 10.3. The molecule has 0 bridgehead atoms. The SMILES string of the molecule is COc1ccc(Cl)cc1COc1ccc(C)cc1N. The molecule has 0 saturated heterocycles. The molecule has 2 aromatic rings. The Balaban J connectivity index is 2.16. The van der Waals surface area contributed by atoms with Gasteiger partial charge in [-0.25, -0.2) is 0 Å². The number of aryl methyl sites for hydroxylation is 1. The maximum absolute atomic E-state index is 5.97. The van der Waals surface area contributed by atoms with Crippen LogP contribution in [0.5, 0.6) is 11.5 Å². The maximum Gasteiger partial charge on any atom is 0.142 e. The molecule has 0 saturated carbocycles. The van der Waals surface area contributed by atoms with Gasteiger partial charge in [0.1, 0.15) is 18.1 Å². The van der Waals surface area contributed by atoms with E-state index in [0.29, 0.717) is 23.1 Å². The highest BCUT2D eigenvalue weighted by Gasteiger charge is 2.06. The molecule has 2 N–H and O–H groups in total. The summed E-state index contributed by atoms with van der Waals surface area (Å²) in [7, 11) is 1.62. The Labute approximate surface area is 117 Å². The third-order valence-electron chi connectivity index (χ3n) is 2.79. The number of hydrogen-bond donors (Lipinski definition) is 1. The first-order valence-corrected chi connectivity index (χ1v) is 6.29. The fraction of sp³-hybridized carbons (Fsp3) is 0.200. The smallest absolute Gasteiger partial charge is 0.142 e. The fourth-order valence-corrected chi connectivity index (χ4v) is 2.01. The molecule has 100 valence electrons. The monoisotopic (exact) mass is 277 g/mol. The lowest BCUT2D eigenvalue weighted by Crippen LogP contribution is -2.01. The van der Waals surface area contributed by atoms with Crippen LogP contribution in [0.1, 0.15) is 11.1 Å². The van der Waals surface area contributed by atoms with Crippen LogP contribution in [0.2, 0.25) is 5.02 Å². The Hall–Kier alpha value is -1.87. The minimum atomic E-state index is 0.358. The lowest BCUT2D eigenvalue weighted by Gasteiger charge is -2.12. The van der Waals surface area contributed by atoms with E-state index in [1.54, 1.807) is 13.2 Å². The van der Waals surface area contributed by atoms with E-state index in [1.165, 1.54) is 0 Å². The lowest BCUT2D eigenvalue weighted by atomic mass is 10.2. The summed E-state index contributed by atoms with van der Waals surface area (Å²) in [5.41, 5.74) is 8.52. The summed E-state index contributed by atoms with van der Waals surface area (Å²) in [5.74, 6) is 1.41. The van der Waals surface area contributed by atoms with Gasteiger partial charge >= 0.3 is 0 Å². The molecule has 0 aliphatic rings. The molecule has 4 heteroatoms. The van der Waals surface area contributed by atoms with Crippen LogP contribution in [0.4, 0.5) is 5.69 Å². The average molecular weight is 278 g/mol. The molecule has 0 unspecified atom stereocenters. The molecule has 0 amide bonds. The van der Waals surface area contributed by atoms with Crippen LogP contribution >= 0.6 is 11.6 Å². The Bertz CT molecular complexity index is 584. The molecule has 19 heavy (non-hydrogen) atoms. The molecule has 0 aliphatic carbocycles. The van der Waals surface area contributed by atoms with E-state index in [9.17, 15) is 0 Å². The van der Waals surface area contributed by atoms with Crippen molar-refractivity contribution in [2.45, 2.75) is 13.5 Å². The van der Waals surface area contributed by atoms with Gasteiger partial charge in [-0.15, -0.1) is 0 Å². The number of benzene rings is 2. The van der Waals surface area contributed by atoms with E-state index in [4.69, 9.17) is 26.8 Å². The third-order valence-corrected chi connectivity index (χ3v) is 3.03. The minimum absolute atomic E-state index is 0.358. The largest absolute Gasteiger partial charge is 0.496 e. The van der Waals surface area contributed by atoms with Crippen LogP contribution in [0, 0.1) is 6.92 Å². The molecular formula is C15H16ClNO2. The Morgan fingerprint density at radius 2 is 1.84 bits per heavy atom. The number of nitrogen functional groups attached to an aromatic ring is 1. The molecule has 0 atom stereocenters. The molecule has 0 radical (unpaired) electrons. The van der Waals surface area contributed by atoms with Gasteiger partial charge in [0.2, 0.25) is 0 Å². The summed E-state index contributed by atoms with van der Waals surface area (Å²) in [6, 6.07) is 11.1. The molecule has 0 aromatic heterocycles. The van der Waals surface area contributed by atoms with E-state index in [1.807, 2.05) is 37.3 Å². The topological polar surface area (TPSA) is 44.5 Å². The second-order valence-corrected chi connectivity index (χ2v) is 4.72. The molecule has 3 nitrogen and oxygen atoms in total. The first-order chi connectivity index (χ1) is 9.10. The zero-order valence-electron chi connectivity index (χ0n) is 10.9. The van der Waals surface area contributed by atoms with Gasteiger partial charge in [0, 0.05) is 10.6 Å². The number of nitrogens with two attached hydrogens (primary N) is 1. The number of hydrogen-bond acceptors (Lipinski definition) is 3. The summed E-state index contributed by atoms with van der Waals surface area (Å²) < 4.78 is 11.0. The van der Waals surface area contributed by atoms with E-state index >= 15 is 0 Å². The zero-order chi connectivity index (χ0) is 13.8. The van der Waals surface area contributed by atoms with Gasteiger partial charge < -0.3 is 15.2 Å². The van der Waals surface area contributed by atoms with Gasteiger partial charge in [0.15, 0.2) is 0 Å². The predicted molar refractivity (Wildman–Crippen MR) is 77.9 cm³/mol. The van der Waals surface area contributed by atoms with E-state index < -0.39 is 0 Å². The van der Waals surface area contributed by atoms with E-state index in [2.05, 4.69) is 0 Å². The van der Waals surface area contributed by atoms with Crippen molar-refractivity contribution in [3.05, 3.63) is 52.5 Å². The number of halogens is 1. The quantitative estimate of drug-likeness (QED) is 0.864. The van der Waals surface area contributed by atoms with Crippen LogP contribution in [0.15, 0.2) is 36.4 Å². The van der Waals surface area contributed by atoms with Gasteiger partial charge in [-0.1, -0.05) is 17.7 Å². The standard InChI is InChI=1S/C15H16ClNO2/c1-10-3-5-15(13(17)7-10)19-9-11-8-12(16)4-6-14(11)18-2/h3-8H,9,17H2,1-2H3. The average Bonchev–Trinajstić information content (AvgIpc) is 2.38. The van der Waals surface area contributed by atoms with Crippen LogP contribution in [0.3, 0.4) is 0 Å². The lowest BCUT2D eigenvalue weighted by molar-refractivity contribution is 0.298. The molecular weight excluding hydrogens is 262 g/mol. The molecule has 2 aromatic carbocycles. The number of anilines is 1. The summed E-state index contributed by atoms with van der Waals surface area (Å²) in [6.45, 7) is 2.34. The zero-order valence-corrected chi connectivity index (χ0v) is 11.7. The highest BCUT2D eigenvalue weighted by atomic mass is 35.5. The van der Waals surface area contributed by atoms with Crippen LogP contribution in [-0.2, 0) is 6.61 Å².